The van der Waals surface area contributed by atoms with E-state index in [9.17, 15) is 13.2 Å². The Morgan fingerprint density at radius 2 is 1.95 bits per heavy atom. The summed E-state index contributed by atoms with van der Waals surface area (Å²) < 4.78 is 37.9. The van der Waals surface area contributed by atoms with E-state index in [1.807, 2.05) is 0 Å². The summed E-state index contributed by atoms with van der Waals surface area (Å²) in [4.78, 5) is 7.71. The molecule has 0 aliphatic heterocycles. The summed E-state index contributed by atoms with van der Waals surface area (Å²) in [6.07, 6.45) is -1.67. The topological polar surface area (TPSA) is 37.8 Å². The van der Waals surface area contributed by atoms with E-state index in [1.54, 1.807) is 6.92 Å². The predicted octanol–water partition coefficient (Wildman–Crippen LogP) is 4.20. The summed E-state index contributed by atoms with van der Waals surface area (Å²) >= 11 is 5.66. The molecule has 0 aliphatic carbocycles. The van der Waals surface area contributed by atoms with Crippen LogP contribution in [0.25, 0.3) is 0 Å². The van der Waals surface area contributed by atoms with Crippen molar-refractivity contribution in [1.82, 2.24) is 9.97 Å². The van der Waals surface area contributed by atoms with E-state index < -0.39 is 11.7 Å². The number of anilines is 2. The molecule has 0 spiro atoms. The number of hydrogen-bond acceptors (Lipinski definition) is 3. The summed E-state index contributed by atoms with van der Waals surface area (Å²) in [6.45, 7) is 1.69. The Labute approximate surface area is 112 Å². The van der Waals surface area contributed by atoms with Crippen molar-refractivity contribution in [3.63, 3.8) is 0 Å². The Bertz CT molecular complexity index is 599. The van der Waals surface area contributed by atoms with Crippen molar-refractivity contribution < 1.29 is 13.2 Å². The molecule has 2 aromatic rings. The van der Waals surface area contributed by atoms with Gasteiger partial charge < -0.3 is 5.32 Å². The average molecular weight is 288 g/mol. The molecule has 2 rings (SSSR count). The van der Waals surface area contributed by atoms with Crippen LogP contribution in [0, 0.1) is 6.92 Å². The molecule has 0 atom stereocenters. The minimum absolute atomic E-state index is 0.162. The highest BCUT2D eigenvalue weighted by Gasteiger charge is 2.30. The molecular formula is C12H9ClF3N3. The van der Waals surface area contributed by atoms with Crippen molar-refractivity contribution in [3.8, 4) is 0 Å². The first-order valence-electron chi connectivity index (χ1n) is 5.28. The molecule has 0 unspecified atom stereocenters. The van der Waals surface area contributed by atoms with Gasteiger partial charge in [0.2, 0.25) is 0 Å². The lowest BCUT2D eigenvalue weighted by Crippen LogP contribution is -2.06. The van der Waals surface area contributed by atoms with Crippen LogP contribution in [0.5, 0.6) is 0 Å². The van der Waals surface area contributed by atoms with Crippen LogP contribution in [0.2, 0.25) is 5.15 Å². The number of halogens is 4. The smallest absolute Gasteiger partial charge is 0.339 e. The largest absolute Gasteiger partial charge is 0.416 e. The lowest BCUT2D eigenvalue weighted by atomic mass is 10.1. The molecule has 1 aromatic carbocycles. The number of aryl methyl sites for hydroxylation is 1. The summed E-state index contributed by atoms with van der Waals surface area (Å²) in [5, 5.41) is 2.93. The molecule has 0 aliphatic rings. The standard InChI is InChI=1S/C12H9ClF3N3/c1-7-2-3-8(12(14,15)16)4-9(7)18-11-6-17-5-10(13)19-11/h2-6H,1H3,(H,18,19). The fourth-order valence-electron chi connectivity index (χ4n) is 1.47. The Kier molecular flexibility index (Phi) is 3.61. The van der Waals surface area contributed by atoms with Gasteiger partial charge in [-0.15, -0.1) is 0 Å². The van der Waals surface area contributed by atoms with Crippen LogP contribution in [-0.4, -0.2) is 9.97 Å². The summed E-state index contributed by atoms with van der Waals surface area (Å²) in [7, 11) is 0. The molecule has 1 aromatic heterocycles. The maximum Gasteiger partial charge on any atom is 0.416 e. The quantitative estimate of drug-likeness (QED) is 0.899. The number of rotatable bonds is 2. The van der Waals surface area contributed by atoms with Gasteiger partial charge in [-0.1, -0.05) is 17.7 Å². The zero-order chi connectivity index (χ0) is 14.0. The van der Waals surface area contributed by atoms with Crippen LogP contribution in [0.1, 0.15) is 11.1 Å². The van der Waals surface area contributed by atoms with Gasteiger partial charge in [0, 0.05) is 5.69 Å². The highest BCUT2D eigenvalue weighted by molar-refractivity contribution is 6.29. The normalized spacial score (nSPS) is 11.4. The van der Waals surface area contributed by atoms with E-state index in [1.165, 1.54) is 18.5 Å². The fraction of sp³-hybridized carbons (Fsp3) is 0.167. The number of alkyl halides is 3. The number of nitrogens with one attached hydrogen (secondary N) is 1. The molecule has 7 heteroatoms. The number of nitrogens with zero attached hydrogens (tertiary/aromatic N) is 2. The molecule has 0 saturated carbocycles. The summed E-state index contributed by atoms with van der Waals surface area (Å²) in [5.74, 6) is 0.287. The Balaban J connectivity index is 2.34. The number of aromatic nitrogens is 2. The third kappa shape index (κ3) is 3.35. The second-order valence-corrected chi connectivity index (χ2v) is 4.27. The van der Waals surface area contributed by atoms with Crippen molar-refractivity contribution in [3.05, 3.63) is 46.9 Å². The SMILES string of the molecule is Cc1ccc(C(F)(F)F)cc1Nc1cncc(Cl)n1. The second-order valence-electron chi connectivity index (χ2n) is 3.88. The maximum absolute atomic E-state index is 12.6. The first-order valence-corrected chi connectivity index (χ1v) is 5.66. The Morgan fingerprint density at radius 3 is 2.58 bits per heavy atom. The first kappa shape index (κ1) is 13.6. The van der Waals surface area contributed by atoms with Gasteiger partial charge in [0.05, 0.1) is 18.0 Å². The molecule has 3 nitrogen and oxygen atoms in total. The molecule has 0 radical (unpaired) electrons. The molecule has 19 heavy (non-hydrogen) atoms. The van der Waals surface area contributed by atoms with E-state index in [-0.39, 0.29) is 11.0 Å². The Hall–Kier alpha value is -1.82. The predicted molar refractivity (Wildman–Crippen MR) is 66.5 cm³/mol. The van der Waals surface area contributed by atoms with E-state index in [2.05, 4.69) is 15.3 Å². The van der Waals surface area contributed by atoms with E-state index in [4.69, 9.17) is 11.6 Å². The monoisotopic (exact) mass is 287 g/mol. The van der Waals surface area contributed by atoms with E-state index in [0.717, 1.165) is 12.1 Å². The maximum atomic E-state index is 12.6. The van der Waals surface area contributed by atoms with Gasteiger partial charge in [-0.05, 0) is 24.6 Å². The number of hydrogen-bond donors (Lipinski definition) is 1. The lowest BCUT2D eigenvalue weighted by molar-refractivity contribution is -0.137. The van der Waals surface area contributed by atoms with E-state index in [0.29, 0.717) is 11.3 Å². The zero-order valence-electron chi connectivity index (χ0n) is 9.79. The van der Waals surface area contributed by atoms with Gasteiger partial charge in [-0.2, -0.15) is 13.2 Å². The van der Waals surface area contributed by atoms with Crippen molar-refractivity contribution in [1.29, 1.82) is 0 Å². The molecule has 100 valence electrons. The highest BCUT2D eigenvalue weighted by Crippen LogP contribution is 2.32. The molecule has 0 amide bonds. The molecule has 0 fully saturated rings. The third-order valence-corrected chi connectivity index (χ3v) is 2.61. The van der Waals surface area contributed by atoms with Crippen LogP contribution in [0.3, 0.4) is 0 Å². The molecule has 0 bridgehead atoms. The van der Waals surface area contributed by atoms with Gasteiger partial charge in [0.25, 0.3) is 0 Å². The van der Waals surface area contributed by atoms with Gasteiger partial charge >= 0.3 is 6.18 Å². The number of benzene rings is 1. The van der Waals surface area contributed by atoms with Crippen LogP contribution >= 0.6 is 11.6 Å². The van der Waals surface area contributed by atoms with Crippen LogP contribution < -0.4 is 5.32 Å². The molecule has 1 N–H and O–H groups in total. The van der Waals surface area contributed by atoms with Crippen molar-refractivity contribution >= 4 is 23.1 Å². The highest BCUT2D eigenvalue weighted by atomic mass is 35.5. The molecule has 1 heterocycles. The minimum atomic E-state index is -4.38. The van der Waals surface area contributed by atoms with Gasteiger partial charge in [-0.25, -0.2) is 4.98 Å². The van der Waals surface area contributed by atoms with Crippen molar-refractivity contribution in [2.75, 3.05) is 5.32 Å². The first-order chi connectivity index (χ1) is 8.86. The zero-order valence-corrected chi connectivity index (χ0v) is 10.5. The van der Waals surface area contributed by atoms with Crippen LogP contribution in [0.4, 0.5) is 24.7 Å². The van der Waals surface area contributed by atoms with Crippen LogP contribution in [0.15, 0.2) is 30.6 Å². The molecular weight excluding hydrogens is 279 g/mol. The summed E-state index contributed by atoms with van der Waals surface area (Å²) in [5.41, 5.74) is 0.247. The van der Waals surface area contributed by atoms with Gasteiger partial charge in [-0.3, -0.25) is 4.98 Å². The fourth-order valence-corrected chi connectivity index (χ4v) is 1.62. The third-order valence-electron chi connectivity index (χ3n) is 2.43. The molecule has 0 saturated heterocycles. The van der Waals surface area contributed by atoms with Crippen molar-refractivity contribution in [2.45, 2.75) is 13.1 Å². The van der Waals surface area contributed by atoms with Crippen molar-refractivity contribution in [2.24, 2.45) is 0 Å². The van der Waals surface area contributed by atoms with Gasteiger partial charge in [0.1, 0.15) is 5.15 Å². The minimum Gasteiger partial charge on any atom is -0.339 e. The van der Waals surface area contributed by atoms with Gasteiger partial charge in [0.15, 0.2) is 5.82 Å². The van der Waals surface area contributed by atoms with Crippen LogP contribution in [-0.2, 0) is 6.18 Å². The van der Waals surface area contributed by atoms with E-state index >= 15 is 0 Å². The lowest BCUT2D eigenvalue weighted by Gasteiger charge is -2.12. The Morgan fingerprint density at radius 1 is 1.21 bits per heavy atom. The summed E-state index contributed by atoms with van der Waals surface area (Å²) in [6, 6.07) is 3.45. The average Bonchev–Trinajstić information content (AvgIpc) is 2.30. The second kappa shape index (κ2) is 5.05.